The molecule has 1 aromatic heterocycles. The lowest BCUT2D eigenvalue weighted by Crippen LogP contribution is -2.39. The SMILES string of the molecule is COCC(=O)N1CCC(c2noc(COc3ccc(F)cc3)n2)CC1. The third-order valence-electron chi connectivity index (χ3n) is 4.14. The second-order valence-electron chi connectivity index (χ2n) is 5.88. The zero-order valence-corrected chi connectivity index (χ0v) is 14.0. The van der Waals surface area contributed by atoms with Gasteiger partial charge in [0, 0.05) is 26.1 Å². The van der Waals surface area contributed by atoms with Crippen LogP contribution in [-0.2, 0) is 16.1 Å². The summed E-state index contributed by atoms with van der Waals surface area (Å²) in [6, 6.07) is 5.74. The van der Waals surface area contributed by atoms with E-state index in [9.17, 15) is 9.18 Å². The van der Waals surface area contributed by atoms with Crippen molar-refractivity contribution in [1.29, 1.82) is 0 Å². The maximum absolute atomic E-state index is 12.9. The van der Waals surface area contributed by atoms with Crippen molar-refractivity contribution in [2.24, 2.45) is 0 Å². The molecular formula is C17H20FN3O4. The number of carbonyl (C=O) groups excluding carboxylic acids is 1. The number of benzene rings is 1. The maximum Gasteiger partial charge on any atom is 0.264 e. The van der Waals surface area contributed by atoms with Crippen LogP contribution in [0.15, 0.2) is 28.8 Å². The Morgan fingerprint density at radius 1 is 1.32 bits per heavy atom. The third-order valence-corrected chi connectivity index (χ3v) is 4.14. The molecule has 7 nitrogen and oxygen atoms in total. The van der Waals surface area contributed by atoms with Crippen molar-refractivity contribution in [3.05, 3.63) is 41.8 Å². The summed E-state index contributed by atoms with van der Waals surface area (Å²) in [4.78, 5) is 18.0. The topological polar surface area (TPSA) is 77.7 Å². The molecule has 1 saturated heterocycles. The van der Waals surface area contributed by atoms with E-state index in [4.69, 9.17) is 14.0 Å². The number of likely N-dealkylation sites (tertiary alicyclic amines) is 1. The monoisotopic (exact) mass is 349 g/mol. The predicted molar refractivity (Wildman–Crippen MR) is 85.5 cm³/mol. The molecule has 1 fully saturated rings. The van der Waals surface area contributed by atoms with E-state index in [1.807, 2.05) is 0 Å². The lowest BCUT2D eigenvalue weighted by atomic mass is 9.96. The maximum atomic E-state index is 12.9. The van der Waals surface area contributed by atoms with Gasteiger partial charge >= 0.3 is 0 Å². The van der Waals surface area contributed by atoms with Gasteiger partial charge in [-0.25, -0.2) is 4.39 Å². The van der Waals surface area contributed by atoms with Crippen molar-refractivity contribution < 1.29 is 23.2 Å². The van der Waals surface area contributed by atoms with E-state index in [1.165, 1.54) is 19.2 Å². The van der Waals surface area contributed by atoms with Gasteiger partial charge in [-0.05, 0) is 37.1 Å². The number of ether oxygens (including phenoxy) is 2. The van der Waals surface area contributed by atoms with Crippen LogP contribution in [0.5, 0.6) is 5.75 Å². The summed E-state index contributed by atoms with van der Waals surface area (Å²) in [5.74, 6) is 1.39. The molecule has 0 N–H and O–H groups in total. The van der Waals surface area contributed by atoms with Crippen LogP contribution in [0.25, 0.3) is 0 Å². The number of carbonyl (C=O) groups is 1. The molecule has 134 valence electrons. The third kappa shape index (κ3) is 4.54. The van der Waals surface area contributed by atoms with Crippen LogP contribution in [-0.4, -0.2) is 47.8 Å². The van der Waals surface area contributed by atoms with Crippen molar-refractivity contribution in [2.75, 3.05) is 26.8 Å². The number of rotatable bonds is 6. The standard InChI is InChI=1S/C17H20FN3O4/c1-23-11-16(22)21-8-6-12(7-9-21)17-19-15(25-20-17)10-24-14-4-2-13(18)3-5-14/h2-5,12H,6-11H2,1H3. The van der Waals surface area contributed by atoms with Crippen LogP contribution in [0, 0.1) is 5.82 Å². The minimum absolute atomic E-state index is 0.00227. The number of hydrogen-bond acceptors (Lipinski definition) is 6. The number of aromatic nitrogens is 2. The molecule has 2 aromatic rings. The van der Waals surface area contributed by atoms with Gasteiger partial charge in [-0.3, -0.25) is 4.79 Å². The average Bonchev–Trinajstić information content (AvgIpc) is 3.11. The first-order chi connectivity index (χ1) is 12.2. The van der Waals surface area contributed by atoms with E-state index in [2.05, 4.69) is 10.1 Å². The van der Waals surface area contributed by atoms with Gasteiger partial charge in [-0.2, -0.15) is 4.98 Å². The summed E-state index contributed by atoms with van der Waals surface area (Å²) in [5.41, 5.74) is 0. The molecule has 1 aromatic carbocycles. The zero-order chi connectivity index (χ0) is 17.6. The highest BCUT2D eigenvalue weighted by Crippen LogP contribution is 2.26. The fourth-order valence-corrected chi connectivity index (χ4v) is 2.77. The Bertz CT molecular complexity index is 696. The summed E-state index contributed by atoms with van der Waals surface area (Å²) in [7, 11) is 1.51. The lowest BCUT2D eigenvalue weighted by Gasteiger charge is -2.30. The van der Waals surface area contributed by atoms with Gasteiger partial charge in [0.05, 0.1) is 0 Å². The van der Waals surface area contributed by atoms with Crippen molar-refractivity contribution in [3.63, 3.8) is 0 Å². The molecule has 0 saturated carbocycles. The summed E-state index contributed by atoms with van der Waals surface area (Å²) < 4.78 is 28.4. The van der Waals surface area contributed by atoms with Gasteiger partial charge in [-0.15, -0.1) is 0 Å². The first-order valence-electron chi connectivity index (χ1n) is 8.13. The number of nitrogens with zero attached hydrogens (tertiary/aromatic N) is 3. The molecule has 0 spiro atoms. The number of amides is 1. The second kappa shape index (κ2) is 8.06. The minimum atomic E-state index is -0.317. The number of methoxy groups -OCH3 is 1. The molecule has 0 radical (unpaired) electrons. The highest BCUT2D eigenvalue weighted by Gasteiger charge is 2.26. The van der Waals surface area contributed by atoms with Crippen molar-refractivity contribution in [1.82, 2.24) is 15.0 Å². The normalized spacial score (nSPS) is 15.4. The van der Waals surface area contributed by atoms with Crippen molar-refractivity contribution in [2.45, 2.75) is 25.4 Å². The molecule has 1 amide bonds. The van der Waals surface area contributed by atoms with Gasteiger partial charge in [0.1, 0.15) is 18.2 Å². The van der Waals surface area contributed by atoms with Crippen LogP contribution < -0.4 is 4.74 Å². The van der Waals surface area contributed by atoms with Crippen LogP contribution in [0.1, 0.15) is 30.5 Å². The molecule has 8 heteroatoms. The Morgan fingerprint density at radius 2 is 2.04 bits per heavy atom. The Kier molecular flexibility index (Phi) is 5.60. The summed E-state index contributed by atoms with van der Waals surface area (Å²) in [5, 5.41) is 4.02. The summed E-state index contributed by atoms with van der Waals surface area (Å²) in [6.45, 7) is 1.55. The number of hydrogen-bond donors (Lipinski definition) is 0. The Morgan fingerprint density at radius 3 is 2.72 bits per heavy atom. The minimum Gasteiger partial charge on any atom is -0.484 e. The number of piperidine rings is 1. The molecule has 0 unspecified atom stereocenters. The summed E-state index contributed by atoms with van der Waals surface area (Å²) >= 11 is 0. The lowest BCUT2D eigenvalue weighted by molar-refractivity contribution is -0.136. The van der Waals surface area contributed by atoms with Gasteiger partial charge in [0.25, 0.3) is 5.89 Å². The Balaban J connectivity index is 1.50. The van der Waals surface area contributed by atoms with E-state index >= 15 is 0 Å². The highest BCUT2D eigenvalue weighted by atomic mass is 19.1. The van der Waals surface area contributed by atoms with Crippen molar-refractivity contribution in [3.8, 4) is 5.75 Å². The van der Waals surface area contributed by atoms with Crippen LogP contribution in [0.4, 0.5) is 4.39 Å². The van der Waals surface area contributed by atoms with Crippen LogP contribution in [0.3, 0.4) is 0 Å². The fraction of sp³-hybridized carbons (Fsp3) is 0.471. The molecule has 0 bridgehead atoms. The van der Waals surface area contributed by atoms with Gasteiger partial charge in [0.2, 0.25) is 5.91 Å². The van der Waals surface area contributed by atoms with Gasteiger partial charge in [-0.1, -0.05) is 5.16 Å². The zero-order valence-electron chi connectivity index (χ0n) is 14.0. The Labute approximate surface area is 144 Å². The number of halogens is 1. The van der Waals surface area contributed by atoms with Gasteiger partial charge < -0.3 is 18.9 Å². The molecule has 0 atom stereocenters. The smallest absolute Gasteiger partial charge is 0.264 e. The first-order valence-corrected chi connectivity index (χ1v) is 8.13. The van der Waals surface area contributed by atoms with E-state index < -0.39 is 0 Å². The van der Waals surface area contributed by atoms with Gasteiger partial charge in [0.15, 0.2) is 12.4 Å². The van der Waals surface area contributed by atoms with E-state index in [0.717, 1.165) is 12.8 Å². The summed E-state index contributed by atoms with van der Waals surface area (Å²) in [6.07, 6.45) is 1.57. The van der Waals surface area contributed by atoms with E-state index in [-0.39, 0.29) is 30.9 Å². The molecule has 1 aliphatic heterocycles. The molecule has 1 aliphatic rings. The van der Waals surface area contributed by atoms with Crippen molar-refractivity contribution >= 4 is 5.91 Å². The van der Waals surface area contributed by atoms with E-state index in [1.54, 1.807) is 17.0 Å². The fourth-order valence-electron chi connectivity index (χ4n) is 2.77. The molecule has 25 heavy (non-hydrogen) atoms. The Hall–Kier alpha value is -2.48. The molecule has 0 aliphatic carbocycles. The average molecular weight is 349 g/mol. The quantitative estimate of drug-likeness (QED) is 0.795. The molecule has 3 rings (SSSR count). The van der Waals surface area contributed by atoms with Crippen LogP contribution >= 0.6 is 0 Å². The largest absolute Gasteiger partial charge is 0.484 e. The highest BCUT2D eigenvalue weighted by molar-refractivity contribution is 5.77. The van der Waals surface area contributed by atoms with E-state index in [0.29, 0.717) is 30.6 Å². The van der Waals surface area contributed by atoms with Crippen LogP contribution in [0.2, 0.25) is 0 Å². The second-order valence-corrected chi connectivity index (χ2v) is 5.88. The molecule has 2 heterocycles. The molecular weight excluding hydrogens is 329 g/mol. The first kappa shape index (κ1) is 17.3. The predicted octanol–water partition coefficient (Wildman–Crippen LogP) is 2.14.